The molecule has 272 valence electrons. The van der Waals surface area contributed by atoms with Crippen LogP contribution in [0, 0.1) is 0 Å². The van der Waals surface area contributed by atoms with Crippen LogP contribution >= 0.6 is 31.0 Å². The predicted octanol–water partition coefficient (Wildman–Crippen LogP) is -1.95. The number of aromatic nitrogens is 2. The van der Waals surface area contributed by atoms with Gasteiger partial charge in [0.1, 0.15) is 59.1 Å². The number of rotatable bonds is 12. The minimum Gasteiger partial charge on any atom is -0.387 e. The van der Waals surface area contributed by atoms with Crippen molar-refractivity contribution in [1.29, 1.82) is 0 Å². The molecule has 48 heavy (non-hydrogen) atoms. The smallest absolute Gasteiger partial charge is 0.387 e. The second-order valence-electron chi connectivity index (χ2n) is 10.1. The second kappa shape index (κ2) is 18.1. The van der Waals surface area contributed by atoms with Gasteiger partial charge in [0.05, 0.1) is 26.4 Å². The van der Waals surface area contributed by atoms with Crippen molar-refractivity contribution >= 4 is 41.4 Å². The maximum absolute atomic E-state index is 10.7. The third-order valence-corrected chi connectivity index (χ3v) is 7.90. The van der Waals surface area contributed by atoms with Gasteiger partial charge >= 0.3 is 18.2 Å². The van der Waals surface area contributed by atoms with E-state index >= 15 is 0 Å². The van der Waals surface area contributed by atoms with Gasteiger partial charge in [0.25, 0.3) is 0 Å². The van der Waals surface area contributed by atoms with Gasteiger partial charge in [-0.05, 0) is 23.3 Å². The Kier molecular flexibility index (Phi) is 15.4. The Morgan fingerprint density at radius 2 is 1.12 bits per heavy atom. The molecule has 2 fully saturated rings. The van der Waals surface area contributed by atoms with Crippen LogP contribution in [-0.4, -0.2) is 138 Å². The molecule has 0 spiro atoms. The first-order valence-electron chi connectivity index (χ1n) is 13.5. The van der Waals surface area contributed by atoms with Gasteiger partial charge in [-0.1, -0.05) is 35.3 Å². The Balaban J connectivity index is 0.000000260. The van der Waals surface area contributed by atoms with E-state index in [1.54, 1.807) is 12.1 Å². The van der Waals surface area contributed by atoms with E-state index in [0.717, 1.165) is 0 Å². The molecule has 0 bridgehead atoms. The first-order chi connectivity index (χ1) is 22.3. The number of hydrogen-bond acceptors (Lipinski definition) is 17. The molecule has 2 saturated heterocycles. The lowest BCUT2D eigenvalue weighted by molar-refractivity contribution is -0.303. The molecule has 0 aromatic carbocycles. The quantitative estimate of drug-likeness (QED) is 0.0643. The van der Waals surface area contributed by atoms with Crippen molar-refractivity contribution in [3.05, 3.63) is 58.1 Å². The van der Waals surface area contributed by atoms with Gasteiger partial charge in [-0.25, -0.2) is 18.7 Å². The Hall–Kier alpha value is -1.54. The van der Waals surface area contributed by atoms with Crippen molar-refractivity contribution in [2.24, 2.45) is 0 Å². The largest absolute Gasteiger partial charge is 0.469 e. The van der Waals surface area contributed by atoms with Crippen LogP contribution in [0.4, 0.5) is 0 Å². The number of aliphatic hydroxyl groups is 6. The van der Waals surface area contributed by atoms with Crippen LogP contribution in [0.3, 0.4) is 0 Å². The van der Waals surface area contributed by atoms with Crippen LogP contribution in [0.2, 0.25) is 10.3 Å². The van der Waals surface area contributed by atoms with Crippen molar-refractivity contribution in [2.45, 2.75) is 74.6 Å². The summed E-state index contributed by atoms with van der Waals surface area (Å²) in [6.45, 7) is -1.56. The van der Waals surface area contributed by atoms with E-state index in [-0.39, 0.29) is 18.4 Å². The maximum Gasteiger partial charge on any atom is 0.469 e. The highest BCUT2D eigenvalue weighted by molar-refractivity contribution is 7.80. The second-order valence-corrected chi connectivity index (χ2v) is 13.2. The monoisotopic (exact) mass is 770 g/mol. The summed E-state index contributed by atoms with van der Waals surface area (Å²) in [7, 11) is -9.53. The Morgan fingerprint density at radius 1 is 0.708 bits per heavy atom. The van der Waals surface area contributed by atoms with E-state index < -0.39 is 92.8 Å². The van der Waals surface area contributed by atoms with Gasteiger partial charge in [-0.3, -0.25) is 9.08 Å². The molecule has 4 heterocycles. The summed E-state index contributed by atoms with van der Waals surface area (Å²) in [5.41, 5.74) is 1.21. The van der Waals surface area contributed by atoms with E-state index in [2.05, 4.69) is 18.7 Å². The molecule has 24 heteroatoms. The summed E-state index contributed by atoms with van der Waals surface area (Å²) in [4.78, 5) is 25.1. The molecule has 2 aliphatic heterocycles. The van der Waals surface area contributed by atoms with Crippen LogP contribution in [0.15, 0.2) is 36.7 Å². The van der Waals surface area contributed by atoms with Crippen molar-refractivity contribution < 1.29 is 85.6 Å². The average molecular weight is 771 g/mol. The molecule has 0 radical (unpaired) electrons. The number of phosphoric ester groups is 1. The summed E-state index contributed by atoms with van der Waals surface area (Å²) < 4.78 is 69.9. The summed E-state index contributed by atoms with van der Waals surface area (Å²) in [6.07, 6.45) is -12.2. The molecule has 0 unspecified atom stereocenters. The van der Waals surface area contributed by atoms with Crippen molar-refractivity contribution in [3.8, 4) is 0 Å². The van der Waals surface area contributed by atoms with Crippen LogP contribution in [0.5, 0.6) is 0 Å². The molecule has 4 rings (SSSR count). The predicted molar refractivity (Wildman–Crippen MR) is 157 cm³/mol. The highest BCUT2D eigenvalue weighted by Crippen LogP contribution is 2.37. The maximum atomic E-state index is 10.7. The normalized spacial score (nSPS) is 31.1. The first kappa shape index (κ1) is 40.9. The Morgan fingerprint density at radius 3 is 1.48 bits per heavy atom. The summed E-state index contributed by atoms with van der Waals surface area (Å²) >= 11 is 11.3. The first-order valence-corrected chi connectivity index (χ1v) is 17.1. The van der Waals surface area contributed by atoms with Crippen molar-refractivity contribution in [2.75, 3.05) is 13.2 Å². The van der Waals surface area contributed by atoms with Gasteiger partial charge in [0.2, 0.25) is 0 Å². The Bertz CT molecular complexity index is 1440. The third-order valence-electron chi connectivity index (χ3n) is 6.53. The summed E-state index contributed by atoms with van der Waals surface area (Å²) in [5.74, 6) is 0. The molecule has 10 atom stereocenters. The number of nitrogens with zero attached hydrogens (tertiary/aromatic N) is 2. The zero-order valence-corrected chi connectivity index (χ0v) is 27.5. The van der Waals surface area contributed by atoms with Gasteiger partial charge in [0.15, 0.2) is 12.6 Å². The summed E-state index contributed by atoms with van der Waals surface area (Å²) in [5, 5.41) is 59.5. The standard InChI is InChI=1S/C12H17ClNO9P.C12H16ClNO9S/c2*13-8-2-1-6(3-14-8)4-21-12-11(17)10(16)9(15)7(23-12)5-22-24(18,19)20/h1-3,7,9-12,15-17H,4-5H2,(H2,18,19,20);1-3,7,9-12,15-17H,4-5H2,(H,18,19,20)/t2*7-,9-,10+,11-,12-/m11/s1. The van der Waals surface area contributed by atoms with E-state index in [9.17, 15) is 43.6 Å². The molecular weight excluding hydrogens is 738 g/mol. The van der Waals surface area contributed by atoms with Gasteiger partial charge in [-0.2, -0.15) is 8.42 Å². The Labute approximate surface area is 282 Å². The van der Waals surface area contributed by atoms with Crippen molar-refractivity contribution in [3.63, 3.8) is 0 Å². The molecular formula is C24H33Cl2N2O18PS. The van der Waals surface area contributed by atoms with Gasteiger partial charge in [0, 0.05) is 12.4 Å². The van der Waals surface area contributed by atoms with Crippen molar-refractivity contribution in [1.82, 2.24) is 9.97 Å². The summed E-state index contributed by atoms with van der Waals surface area (Å²) in [6, 6.07) is 6.31. The third kappa shape index (κ3) is 13.0. The molecule has 2 aromatic rings. The molecule has 0 saturated carbocycles. The number of ether oxygens (including phenoxy) is 4. The van der Waals surface area contributed by atoms with Gasteiger partial charge < -0.3 is 59.4 Å². The average Bonchev–Trinajstić information content (AvgIpc) is 3.02. The number of pyridine rings is 2. The molecule has 0 aliphatic carbocycles. The fraction of sp³-hybridized carbons (Fsp3) is 0.583. The fourth-order valence-corrected chi connectivity index (χ4v) is 4.92. The molecule has 2 aliphatic rings. The topological polar surface area (TPSA) is 314 Å². The van der Waals surface area contributed by atoms with E-state index in [1.807, 2.05) is 0 Å². The lowest BCUT2D eigenvalue weighted by atomic mass is 9.99. The highest BCUT2D eigenvalue weighted by atomic mass is 35.5. The van der Waals surface area contributed by atoms with E-state index in [0.29, 0.717) is 16.3 Å². The SMILES string of the molecule is O=P(O)(O)OC[C@H]1O[C@@H](OCc2ccc(Cl)nc2)[C@H](O)[C@@H](O)[C@@H]1O.O=S(=O)(O)OC[C@H]1O[C@@H](OCc2ccc(Cl)nc2)[C@H](O)[C@@H](O)[C@@H]1O. The molecule has 20 nitrogen and oxygen atoms in total. The molecule has 9 N–H and O–H groups in total. The van der Waals surface area contributed by atoms with Gasteiger partial charge in [-0.15, -0.1) is 0 Å². The van der Waals surface area contributed by atoms with Crippen LogP contribution < -0.4 is 0 Å². The number of halogens is 2. The zero-order valence-electron chi connectivity index (χ0n) is 24.3. The van der Waals surface area contributed by atoms with Crippen LogP contribution in [0.1, 0.15) is 11.1 Å². The van der Waals surface area contributed by atoms with Crippen LogP contribution in [0.25, 0.3) is 0 Å². The minimum absolute atomic E-state index is 0.0409. The minimum atomic E-state index is -4.78. The lowest BCUT2D eigenvalue weighted by Crippen LogP contribution is -2.59. The number of phosphoric acid groups is 1. The van der Waals surface area contributed by atoms with E-state index in [4.69, 9.17) is 56.5 Å². The lowest BCUT2D eigenvalue weighted by Gasteiger charge is -2.40. The van der Waals surface area contributed by atoms with Crippen LogP contribution in [-0.2, 0) is 55.8 Å². The zero-order chi connectivity index (χ0) is 35.8. The molecule has 2 aromatic heterocycles. The molecule has 0 amide bonds. The highest BCUT2D eigenvalue weighted by Gasteiger charge is 2.46. The van der Waals surface area contributed by atoms with E-state index in [1.165, 1.54) is 24.5 Å². The number of aliphatic hydroxyl groups excluding tert-OH is 6. The number of hydrogen-bond donors (Lipinski definition) is 9. The fourth-order valence-electron chi connectivity index (χ4n) is 4.05.